The Kier molecular flexibility index (Phi) is 9.25. The smallest absolute Gasteiger partial charge is 0.0933 e. The van der Waals surface area contributed by atoms with Crippen LogP contribution in [0.15, 0.2) is 0 Å². The number of hydrogen-bond donors (Lipinski definition) is 2. The molecule has 2 aliphatic rings. The second-order valence-corrected chi connectivity index (χ2v) is 5.60. The van der Waals surface area contributed by atoms with E-state index in [2.05, 4.69) is 10.6 Å². The van der Waals surface area contributed by atoms with Gasteiger partial charge in [-0.05, 0) is 19.3 Å². The fourth-order valence-corrected chi connectivity index (χ4v) is 2.47. The summed E-state index contributed by atoms with van der Waals surface area (Å²) in [6.07, 6.45) is 3.78. The Morgan fingerprint density at radius 1 is 0.762 bits per heavy atom. The van der Waals surface area contributed by atoms with Gasteiger partial charge in [0, 0.05) is 39.4 Å². The van der Waals surface area contributed by atoms with Crippen molar-refractivity contribution in [3.8, 4) is 0 Å². The SMILES string of the molecule is C(CCOC[C@@H]1CNCCO1)CCOC[C@@H]1CNCCO1. The molecule has 2 aliphatic heterocycles. The predicted molar refractivity (Wildman–Crippen MR) is 80.7 cm³/mol. The lowest BCUT2D eigenvalue weighted by atomic mass is 10.2. The highest BCUT2D eigenvalue weighted by Gasteiger charge is 2.13. The van der Waals surface area contributed by atoms with Gasteiger partial charge >= 0.3 is 0 Å². The number of unbranched alkanes of at least 4 members (excludes halogenated alkanes) is 2. The predicted octanol–water partition coefficient (Wildman–Crippen LogP) is 0.167. The molecule has 0 saturated carbocycles. The first-order chi connectivity index (χ1) is 10.4. The van der Waals surface area contributed by atoms with Crippen molar-refractivity contribution in [1.82, 2.24) is 10.6 Å². The Labute approximate surface area is 127 Å². The van der Waals surface area contributed by atoms with E-state index in [0.717, 1.165) is 71.9 Å². The Morgan fingerprint density at radius 3 is 1.71 bits per heavy atom. The fourth-order valence-electron chi connectivity index (χ4n) is 2.47. The highest BCUT2D eigenvalue weighted by atomic mass is 16.5. The first kappa shape index (κ1) is 17.1. The van der Waals surface area contributed by atoms with Crippen LogP contribution in [0.3, 0.4) is 0 Å². The van der Waals surface area contributed by atoms with E-state index in [4.69, 9.17) is 18.9 Å². The molecule has 21 heavy (non-hydrogen) atoms. The van der Waals surface area contributed by atoms with E-state index in [1.165, 1.54) is 0 Å². The Hall–Kier alpha value is -0.240. The molecule has 2 heterocycles. The number of nitrogens with one attached hydrogen (secondary N) is 2. The summed E-state index contributed by atoms with van der Waals surface area (Å²) in [5, 5.41) is 6.60. The molecule has 0 aromatic carbocycles. The van der Waals surface area contributed by atoms with Gasteiger partial charge in [-0.25, -0.2) is 0 Å². The Bertz CT molecular complexity index is 220. The van der Waals surface area contributed by atoms with E-state index in [1.54, 1.807) is 0 Å². The van der Waals surface area contributed by atoms with Crippen molar-refractivity contribution in [3.63, 3.8) is 0 Å². The van der Waals surface area contributed by atoms with Gasteiger partial charge in [0.05, 0.1) is 38.6 Å². The molecule has 2 rings (SSSR count). The molecule has 2 fully saturated rings. The maximum absolute atomic E-state index is 5.64. The van der Waals surface area contributed by atoms with Crippen LogP contribution in [-0.4, -0.2) is 78.0 Å². The zero-order chi connectivity index (χ0) is 14.6. The zero-order valence-electron chi connectivity index (χ0n) is 13.0. The molecule has 2 N–H and O–H groups in total. The van der Waals surface area contributed by atoms with Gasteiger partial charge < -0.3 is 29.6 Å². The molecular weight excluding hydrogens is 272 g/mol. The highest BCUT2D eigenvalue weighted by Crippen LogP contribution is 2.02. The van der Waals surface area contributed by atoms with Crippen molar-refractivity contribution >= 4 is 0 Å². The number of ether oxygens (including phenoxy) is 4. The number of rotatable bonds is 10. The van der Waals surface area contributed by atoms with E-state index in [9.17, 15) is 0 Å². The van der Waals surface area contributed by atoms with E-state index in [0.29, 0.717) is 13.2 Å². The zero-order valence-corrected chi connectivity index (χ0v) is 13.0. The van der Waals surface area contributed by atoms with Crippen molar-refractivity contribution in [2.75, 3.05) is 65.8 Å². The van der Waals surface area contributed by atoms with Crippen LogP contribution < -0.4 is 10.6 Å². The molecule has 6 nitrogen and oxygen atoms in total. The largest absolute Gasteiger partial charge is 0.379 e. The average Bonchev–Trinajstić information content (AvgIpc) is 2.55. The topological polar surface area (TPSA) is 61.0 Å². The monoisotopic (exact) mass is 302 g/mol. The summed E-state index contributed by atoms with van der Waals surface area (Å²) >= 11 is 0. The number of morpholine rings is 2. The summed E-state index contributed by atoms with van der Waals surface area (Å²) in [5.41, 5.74) is 0. The standard InChI is InChI=1S/C15H30N2O4/c1(2-6-18-12-14-10-16-4-8-20-14)3-7-19-13-15-11-17-5-9-21-15/h14-17H,1-13H2/t14-,15-/m0/s1. The molecular formula is C15H30N2O4. The fraction of sp³-hybridized carbons (Fsp3) is 1.00. The molecule has 0 bridgehead atoms. The minimum Gasteiger partial charge on any atom is -0.379 e. The minimum atomic E-state index is 0.228. The second-order valence-electron chi connectivity index (χ2n) is 5.60. The van der Waals surface area contributed by atoms with Crippen LogP contribution in [0.2, 0.25) is 0 Å². The van der Waals surface area contributed by atoms with Gasteiger partial charge in [-0.3, -0.25) is 0 Å². The minimum absolute atomic E-state index is 0.228. The van der Waals surface area contributed by atoms with Gasteiger partial charge in [0.1, 0.15) is 0 Å². The summed E-state index contributed by atoms with van der Waals surface area (Å²) in [4.78, 5) is 0. The van der Waals surface area contributed by atoms with Crippen LogP contribution in [-0.2, 0) is 18.9 Å². The summed E-state index contributed by atoms with van der Waals surface area (Å²) in [6.45, 7) is 8.36. The van der Waals surface area contributed by atoms with Crippen molar-refractivity contribution in [2.24, 2.45) is 0 Å². The third kappa shape index (κ3) is 8.09. The molecule has 124 valence electrons. The molecule has 0 aromatic rings. The molecule has 6 heteroatoms. The van der Waals surface area contributed by atoms with Crippen molar-refractivity contribution in [3.05, 3.63) is 0 Å². The lowest BCUT2D eigenvalue weighted by Crippen LogP contribution is -2.41. The molecule has 0 aliphatic carbocycles. The Morgan fingerprint density at radius 2 is 1.29 bits per heavy atom. The molecule has 0 aromatic heterocycles. The van der Waals surface area contributed by atoms with Crippen LogP contribution in [0.4, 0.5) is 0 Å². The van der Waals surface area contributed by atoms with Gasteiger partial charge in [-0.2, -0.15) is 0 Å². The van der Waals surface area contributed by atoms with E-state index < -0.39 is 0 Å². The quantitative estimate of drug-likeness (QED) is 0.561. The van der Waals surface area contributed by atoms with Gasteiger partial charge in [0.2, 0.25) is 0 Å². The van der Waals surface area contributed by atoms with Gasteiger partial charge in [-0.15, -0.1) is 0 Å². The van der Waals surface area contributed by atoms with Gasteiger partial charge in [-0.1, -0.05) is 0 Å². The second kappa shape index (κ2) is 11.3. The Balaban J connectivity index is 1.30. The maximum atomic E-state index is 5.64. The van der Waals surface area contributed by atoms with Crippen LogP contribution in [0, 0.1) is 0 Å². The van der Waals surface area contributed by atoms with Crippen LogP contribution in [0.25, 0.3) is 0 Å². The summed E-state index contributed by atoms with van der Waals surface area (Å²) in [7, 11) is 0. The van der Waals surface area contributed by atoms with E-state index >= 15 is 0 Å². The first-order valence-corrected chi connectivity index (χ1v) is 8.25. The molecule has 0 amide bonds. The van der Waals surface area contributed by atoms with E-state index in [1.807, 2.05) is 0 Å². The highest BCUT2D eigenvalue weighted by molar-refractivity contribution is 4.66. The summed E-state index contributed by atoms with van der Waals surface area (Å²) in [5.74, 6) is 0. The van der Waals surface area contributed by atoms with Crippen LogP contribution in [0.5, 0.6) is 0 Å². The molecule has 0 unspecified atom stereocenters. The summed E-state index contributed by atoms with van der Waals surface area (Å²) in [6, 6.07) is 0. The van der Waals surface area contributed by atoms with E-state index in [-0.39, 0.29) is 12.2 Å². The molecule has 0 radical (unpaired) electrons. The van der Waals surface area contributed by atoms with Crippen LogP contribution >= 0.6 is 0 Å². The normalized spacial score (nSPS) is 26.9. The first-order valence-electron chi connectivity index (χ1n) is 8.25. The average molecular weight is 302 g/mol. The van der Waals surface area contributed by atoms with Gasteiger partial charge in [0.15, 0.2) is 0 Å². The molecule has 2 saturated heterocycles. The maximum Gasteiger partial charge on any atom is 0.0933 e. The van der Waals surface area contributed by atoms with Crippen molar-refractivity contribution < 1.29 is 18.9 Å². The van der Waals surface area contributed by atoms with Crippen molar-refractivity contribution in [1.29, 1.82) is 0 Å². The van der Waals surface area contributed by atoms with Crippen LogP contribution in [0.1, 0.15) is 19.3 Å². The van der Waals surface area contributed by atoms with Crippen molar-refractivity contribution in [2.45, 2.75) is 31.5 Å². The lowest BCUT2D eigenvalue weighted by Gasteiger charge is -2.23. The third-order valence-corrected chi connectivity index (χ3v) is 3.69. The summed E-state index contributed by atoms with van der Waals surface area (Å²) < 4.78 is 22.4. The van der Waals surface area contributed by atoms with Gasteiger partial charge in [0.25, 0.3) is 0 Å². The lowest BCUT2D eigenvalue weighted by molar-refractivity contribution is -0.0351. The number of hydrogen-bond acceptors (Lipinski definition) is 6. The molecule has 0 spiro atoms. The molecule has 2 atom stereocenters. The third-order valence-electron chi connectivity index (χ3n) is 3.69.